The van der Waals surface area contributed by atoms with E-state index in [0.717, 1.165) is 13.0 Å². The Morgan fingerprint density at radius 3 is 2.62 bits per heavy atom. The Morgan fingerprint density at radius 1 is 1.54 bits per heavy atom. The Bertz CT molecular complexity index is 170. The lowest BCUT2D eigenvalue weighted by molar-refractivity contribution is 0.104. The molecule has 3 heteroatoms. The molecule has 13 heavy (non-hydrogen) atoms. The van der Waals surface area contributed by atoms with Crippen molar-refractivity contribution in [3.63, 3.8) is 0 Å². The van der Waals surface area contributed by atoms with Crippen molar-refractivity contribution in [2.75, 3.05) is 13.2 Å². The molecule has 0 aliphatic heterocycles. The first-order valence-corrected chi connectivity index (χ1v) is 4.76. The van der Waals surface area contributed by atoms with Crippen molar-refractivity contribution in [1.82, 2.24) is 0 Å². The fourth-order valence-corrected chi connectivity index (χ4v) is 0.916. The number of nitrogens with two attached hydrogens (primary N) is 1. The number of hydrogen-bond acceptors (Lipinski definition) is 3. The highest BCUT2D eigenvalue weighted by Gasteiger charge is 2.15. The molecule has 0 saturated carbocycles. The van der Waals surface area contributed by atoms with E-state index in [2.05, 4.69) is 19.9 Å². The predicted molar refractivity (Wildman–Crippen MR) is 53.1 cm³/mol. The second-order valence-electron chi connectivity index (χ2n) is 4.10. The molecule has 76 valence electrons. The Morgan fingerprint density at radius 2 is 2.15 bits per heavy atom. The second kappa shape index (κ2) is 5.95. The average molecular weight is 184 g/mol. The Hall–Kier alpha value is -0.590. The van der Waals surface area contributed by atoms with Crippen LogP contribution in [0.25, 0.3) is 0 Å². The molecule has 0 aliphatic rings. The van der Waals surface area contributed by atoms with Crippen molar-refractivity contribution in [2.45, 2.75) is 39.2 Å². The molecule has 0 spiro atoms. The van der Waals surface area contributed by atoms with E-state index in [9.17, 15) is 0 Å². The highest BCUT2D eigenvalue weighted by Crippen LogP contribution is 2.07. The first-order valence-electron chi connectivity index (χ1n) is 4.76. The van der Waals surface area contributed by atoms with Crippen LogP contribution in [-0.4, -0.2) is 18.8 Å². The Kier molecular flexibility index (Phi) is 5.68. The van der Waals surface area contributed by atoms with Gasteiger partial charge in [0.25, 0.3) is 0 Å². The van der Waals surface area contributed by atoms with Crippen LogP contribution in [0.2, 0.25) is 0 Å². The van der Waals surface area contributed by atoms with Gasteiger partial charge in [-0.1, -0.05) is 13.8 Å². The van der Waals surface area contributed by atoms with Crippen LogP contribution in [0, 0.1) is 17.2 Å². The molecule has 0 saturated heterocycles. The lowest BCUT2D eigenvalue weighted by atomic mass is 10.00. The third-order valence-electron chi connectivity index (χ3n) is 1.69. The summed E-state index contributed by atoms with van der Waals surface area (Å²) in [7, 11) is 0. The van der Waals surface area contributed by atoms with Gasteiger partial charge in [-0.2, -0.15) is 5.26 Å². The third-order valence-corrected chi connectivity index (χ3v) is 1.69. The molecule has 2 N–H and O–H groups in total. The molecule has 0 amide bonds. The summed E-state index contributed by atoms with van der Waals surface area (Å²) >= 11 is 0. The summed E-state index contributed by atoms with van der Waals surface area (Å²) in [5, 5.41) is 8.62. The lowest BCUT2D eigenvalue weighted by Crippen LogP contribution is -2.34. The highest BCUT2D eigenvalue weighted by atomic mass is 16.5. The Balaban J connectivity index is 3.32. The molecule has 0 fully saturated rings. The Labute approximate surface area is 80.9 Å². The van der Waals surface area contributed by atoms with Crippen LogP contribution in [0.15, 0.2) is 0 Å². The summed E-state index contributed by atoms with van der Waals surface area (Å²) in [4.78, 5) is 0. The van der Waals surface area contributed by atoms with Gasteiger partial charge < -0.3 is 10.5 Å². The maximum absolute atomic E-state index is 8.62. The molecule has 1 atom stereocenters. The van der Waals surface area contributed by atoms with Crippen LogP contribution in [0.3, 0.4) is 0 Å². The van der Waals surface area contributed by atoms with Crippen LogP contribution < -0.4 is 5.73 Å². The van der Waals surface area contributed by atoms with Gasteiger partial charge in [0.2, 0.25) is 0 Å². The fourth-order valence-electron chi connectivity index (χ4n) is 0.916. The van der Waals surface area contributed by atoms with Crippen molar-refractivity contribution in [1.29, 1.82) is 5.26 Å². The van der Waals surface area contributed by atoms with Gasteiger partial charge in [0.15, 0.2) is 0 Å². The van der Waals surface area contributed by atoms with E-state index in [1.165, 1.54) is 0 Å². The van der Waals surface area contributed by atoms with Crippen molar-refractivity contribution in [3.8, 4) is 6.07 Å². The third kappa shape index (κ3) is 7.76. The standard InChI is InChI=1S/C10H20N2O/c1-9(2)7-13-6-4-5-10(3,12)8-11/h9H,4-7,12H2,1-3H3. The van der Waals surface area contributed by atoms with Gasteiger partial charge in [-0.25, -0.2) is 0 Å². The molecule has 0 radical (unpaired) electrons. The van der Waals surface area contributed by atoms with E-state index in [1.807, 2.05) is 0 Å². The quantitative estimate of drug-likeness (QED) is 0.639. The monoisotopic (exact) mass is 184 g/mol. The summed E-state index contributed by atoms with van der Waals surface area (Å²) in [5.41, 5.74) is 4.95. The molecular formula is C10H20N2O. The molecule has 0 rings (SSSR count). The predicted octanol–water partition coefficient (Wildman–Crippen LogP) is 1.68. The molecule has 0 aromatic carbocycles. The largest absolute Gasteiger partial charge is 0.381 e. The molecule has 3 nitrogen and oxygen atoms in total. The SMILES string of the molecule is CC(C)COCCCC(C)(N)C#N. The van der Waals surface area contributed by atoms with Gasteiger partial charge in [-0.15, -0.1) is 0 Å². The van der Waals surface area contributed by atoms with E-state index in [4.69, 9.17) is 15.7 Å². The van der Waals surface area contributed by atoms with E-state index >= 15 is 0 Å². The summed E-state index contributed by atoms with van der Waals surface area (Å²) in [5.74, 6) is 0.570. The summed E-state index contributed by atoms with van der Waals surface area (Å²) in [6.07, 6.45) is 1.55. The second-order valence-corrected chi connectivity index (χ2v) is 4.10. The average Bonchev–Trinajstić information content (AvgIpc) is 2.03. The van der Waals surface area contributed by atoms with E-state index in [1.54, 1.807) is 6.92 Å². The van der Waals surface area contributed by atoms with Gasteiger partial charge in [0.05, 0.1) is 6.07 Å². The first kappa shape index (κ1) is 12.4. The van der Waals surface area contributed by atoms with E-state index in [0.29, 0.717) is 18.9 Å². The zero-order valence-corrected chi connectivity index (χ0v) is 8.84. The maximum Gasteiger partial charge on any atom is 0.101 e. The highest BCUT2D eigenvalue weighted by molar-refractivity contribution is 5.00. The minimum Gasteiger partial charge on any atom is -0.381 e. The van der Waals surface area contributed by atoms with Crippen molar-refractivity contribution < 1.29 is 4.74 Å². The normalized spacial score (nSPS) is 15.4. The van der Waals surface area contributed by atoms with Gasteiger partial charge in [-0.05, 0) is 25.7 Å². The smallest absolute Gasteiger partial charge is 0.101 e. The number of nitrogens with zero attached hydrogens (tertiary/aromatic N) is 1. The first-order chi connectivity index (χ1) is 5.98. The summed E-state index contributed by atoms with van der Waals surface area (Å²) in [6.45, 7) is 7.46. The van der Waals surface area contributed by atoms with Crippen LogP contribution >= 0.6 is 0 Å². The lowest BCUT2D eigenvalue weighted by Gasteiger charge is -2.14. The molecular weight excluding hydrogens is 164 g/mol. The maximum atomic E-state index is 8.62. The molecule has 0 aromatic heterocycles. The molecule has 0 aromatic rings. The molecule has 1 unspecified atom stereocenters. The summed E-state index contributed by atoms with van der Waals surface area (Å²) < 4.78 is 5.37. The van der Waals surface area contributed by atoms with Crippen LogP contribution in [0.1, 0.15) is 33.6 Å². The summed E-state index contributed by atoms with van der Waals surface area (Å²) in [6, 6.07) is 2.06. The topological polar surface area (TPSA) is 59.0 Å². The fraction of sp³-hybridized carbons (Fsp3) is 0.900. The van der Waals surface area contributed by atoms with Crippen LogP contribution in [0.5, 0.6) is 0 Å². The number of nitriles is 1. The van der Waals surface area contributed by atoms with Crippen LogP contribution in [0.4, 0.5) is 0 Å². The molecule has 0 aliphatic carbocycles. The number of hydrogen-bond donors (Lipinski definition) is 1. The van der Waals surface area contributed by atoms with Gasteiger partial charge >= 0.3 is 0 Å². The van der Waals surface area contributed by atoms with Crippen molar-refractivity contribution >= 4 is 0 Å². The molecule has 0 bridgehead atoms. The minimum absolute atomic E-state index is 0.570. The van der Waals surface area contributed by atoms with Crippen LogP contribution in [-0.2, 0) is 4.74 Å². The van der Waals surface area contributed by atoms with Crippen molar-refractivity contribution in [3.05, 3.63) is 0 Å². The van der Waals surface area contributed by atoms with E-state index in [-0.39, 0.29) is 0 Å². The zero-order valence-electron chi connectivity index (χ0n) is 8.84. The van der Waals surface area contributed by atoms with Gasteiger partial charge in [0, 0.05) is 13.2 Å². The number of ether oxygens (including phenoxy) is 1. The zero-order chi connectivity index (χ0) is 10.3. The molecule has 0 heterocycles. The van der Waals surface area contributed by atoms with E-state index < -0.39 is 5.54 Å². The minimum atomic E-state index is -0.693. The van der Waals surface area contributed by atoms with Gasteiger partial charge in [0.1, 0.15) is 5.54 Å². The number of rotatable bonds is 6. The van der Waals surface area contributed by atoms with Crippen molar-refractivity contribution in [2.24, 2.45) is 11.7 Å². The van der Waals surface area contributed by atoms with Gasteiger partial charge in [-0.3, -0.25) is 0 Å².